The maximum Gasteiger partial charge on any atom is 0.322 e. The molecule has 0 saturated heterocycles. The second-order valence-corrected chi connectivity index (χ2v) is 9.57. The van der Waals surface area contributed by atoms with Crippen LogP contribution in [0.3, 0.4) is 0 Å². The zero-order valence-corrected chi connectivity index (χ0v) is 19.6. The molecule has 8 nitrogen and oxygen atoms in total. The van der Waals surface area contributed by atoms with E-state index < -0.39 is 34.4 Å². The third-order valence-corrected chi connectivity index (χ3v) is 6.55. The molecule has 1 atom stereocenters. The zero-order chi connectivity index (χ0) is 23.9. The predicted octanol–water partition coefficient (Wildman–Crippen LogP) is 3.51. The van der Waals surface area contributed by atoms with Crippen molar-refractivity contribution < 1.29 is 27.5 Å². The first-order valence-electron chi connectivity index (χ1n) is 9.90. The van der Waals surface area contributed by atoms with Gasteiger partial charge in [0.25, 0.3) is 0 Å². The van der Waals surface area contributed by atoms with E-state index in [1.165, 1.54) is 50.4 Å². The smallest absolute Gasteiger partial charge is 0.322 e. The normalized spacial score (nSPS) is 12.3. The third-order valence-electron chi connectivity index (χ3n) is 4.48. The molecule has 0 aromatic heterocycles. The van der Waals surface area contributed by atoms with Gasteiger partial charge < -0.3 is 10.1 Å². The predicted molar refractivity (Wildman–Crippen MR) is 121 cm³/mol. The summed E-state index contributed by atoms with van der Waals surface area (Å²) in [6.45, 7) is 2.74. The summed E-state index contributed by atoms with van der Waals surface area (Å²) in [6, 6.07) is 11.7. The Bertz CT molecular complexity index is 1070. The molecule has 0 bridgehead atoms. The van der Waals surface area contributed by atoms with Crippen molar-refractivity contribution in [2.45, 2.75) is 37.7 Å². The van der Waals surface area contributed by atoms with E-state index in [4.69, 9.17) is 16.3 Å². The quantitative estimate of drug-likeness (QED) is 0.411. The number of ether oxygens (including phenoxy) is 1. The second kappa shape index (κ2) is 11.2. The number of Topliss-reactive ketones (excluding diaryl/α,β-unsaturated/α-hetero) is 1. The molecule has 32 heavy (non-hydrogen) atoms. The minimum absolute atomic E-state index is 0.0209. The first kappa shape index (κ1) is 25.5. The lowest BCUT2D eigenvalue weighted by atomic mass is 10.1. The van der Waals surface area contributed by atoms with Gasteiger partial charge in [-0.1, -0.05) is 18.5 Å². The highest BCUT2D eigenvalue weighted by Gasteiger charge is 2.26. The molecule has 2 aromatic carbocycles. The molecule has 10 heteroatoms. The van der Waals surface area contributed by atoms with E-state index >= 15 is 0 Å². The largest absolute Gasteiger partial charge is 0.453 e. The average molecular weight is 481 g/mol. The summed E-state index contributed by atoms with van der Waals surface area (Å²) >= 11 is 5.77. The fraction of sp³-hybridized carbons (Fsp3) is 0.318. The number of hydrogen-bond donors (Lipinski definition) is 1. The molecule has 0 radical (unpaired) electrons. The van der Waals surface area contributed by atoms with Gasteiger partial charge in [-0.05, 0) is 61.9 Å². The van der Waals surface area contributed by atoms with Crippen molar-refractivity contribution >= 4 is 45.0 Å². The van der Waals surface area contributed by atoms with Crippen molar-refractivity contribution in [1.82, 2.24) is 4.31 Å². The summed E-state index contributed by atoms with van der Waals surface area (Å²) in [5.74, 6) is -1.44. The third kappa shape index (κ3) is 6.88. The number of likely N-dealkylation sites (N-methyl/N-ethyl adjacent to an activating group) is 1. The fourth-order valence-corrected chi connectivity index (χ4v) is 3.99. The van der Waals surface area contributed by atoms with Crippen molar-refractivity contribution in [1.29, 1.82) is 0 Å². The number of ketones is 1. The minimum Gasteiger partial charge on any atom is -0.453 e. The standard InChI is InChI=1S/C22H25ClN2O6S/c1-4-5-20(26)24-18-10-6-16(7-11-18)22(28)15(2)31-21(27)14-25(3)32(29,30)19-12-8-17(23)9-13-19/h6-13,15H,4-5,14H2,1-3H3,(H,24,26). The molecular weight excluding hydrogens is 456 g/mol. The molecule has 0 spiro atoms. The lowest BCUT2D eigenvalue weighted by Gasteiger charge is -2.18. The number of nitrogens with one attached hydrogen (secondary N) is 1. The van der Waals surface area contributed by atoms with E-state index in [9.17, 15) is 22.8 Å². The van der Waals surface area contributed by atoms with Gasteiger partial charge in [-0.25, -0.2) is 8.42 Å². The van der Waals surface area contributed by atoms with E-state index in [0.717, 1.165) is 10.7 Å². The van der Waals surface area contributed by atoms with Crippen molar-refractivity contribution in [2.24, 2.45) is 0 Å². The molecule has 1 N–H and O–H groups in total. The Balaban J connectivity index is 1.95. The van der Waals surface area contributed by atoms with Gasteiger partial charge in [-0.15, -0.1) is 0 Å². The van der Waals surface area contributed by atoms with Crippen LogP contribution in [0.5, 0.6) is 0 Å². The topological polar surface area (TPSA) is 110 Å². The van der Waals surface area contributed by atoms with Crippen LogP contribution in [0.2, 0.25) is 5.02 Å². The number of halogens is 1. The number of benzene rings is 2. The maximum absolute atomic E-state index is 12.5. The molecule has 0 aliphatic carbocycles. The Morgan fingerprint density at radius 2 is 1.66 bits per heavy atom. The molecule has 0 heterocycles. The van der Waals surface area contributed by atoms with Crippen LogP contribution in [-0.4, -0.2) is 50.1 Å². The van der Waals surface area contributed by atoms with Crippen LogP contribution < -0.4 is 5.32 Å². The van der Waals surface area contributed by atoms with Gasteiger partial charge in [0, 0.05) is 29.7 Å². The van der Waals surface area contributed by atoms with Gasteiger partial charge in [0.05, 0.1) is 4.90 Å². The van der Waals surface area contributed by atoms with Crippen LogP contribution in [0.25, 0.3) is 0 Å². The van der Waals surface area contributed by atoms with E-state index in [0.29, 0.717) is 22.7 Å². The monoisotopic (exact) mass is 480 g/mol. The Kier molecular flexibility index (Phi) is 8.94. The molecule has 0 fully saturated rings. The van der Waals surface area contributed by atoms with E-state index in [-0.39, 0.29) is 10.8 Å². The first-order chi connectivity index (χ1) is 15.0. The van der Waals surface area contributed by atoms with Crippen LogP contribution in [0.4, 0.5) is 5.69 Å². The number of sulfonamides is 1. The Morgan fingerprint density at radius 1 is 1.06 bits per heavy atom. The highest BCUT2D eigenvalue weighted by Crippen LogP contribution is 2.18. The first-order valence-corrected chi connectivity index (χ1v) is 11.7. The summed E-state index contributed by atoms with van der Waals surface area (Å²) in [7, 11) is -2.68. The fourth-order valence-electron chi connectivity index (χ4n) is 2.74. The highest BCUT2D eigenvalue weighted by molar-refractivity contribution is 7.89. The molecule has 1 unspecified atom stereocenters. The number of carbonyl (C=O) groups is 3. The second-order valence-electron chi connectivity index (χ2n) is 7.09. The van der Waals surface area contributed by atoms with Crippen LogP contribution in [-0.2, 0) is 24.3 Å². The van der Waals surface area contributed by atoms with Crippen molar-refractivity contribution in [2.75, 3.05) is 18.9 Å². The maximum atomic E-state index is 12.5. The average Bonchev–Trinajstić information content (AvgIpc) is 2.74. The van der Waals surface area contributed by atoms with E-state index in [1.54, 1.807) is 12.1 Å². The number of esters is 1. The molecule has 0 aliphatic heterocycles. The van der Waals surface area contributed by atoms with Gasteiger partial charge in [0.15, 0.2) is 6.10 Å². The Labute approximate surface area is 192 Å². The van der Waals surface area contributed by atoms with Gasteiger partial charge >= 0.3 is 5.97 Å². The summed E-state index contributed by atoms with van der Waals surface area (Å²) in [4.78, 5) is 36.4. The van der Waals surface area contributed by atoms with Crippen molar-refractivity contribution in [3.05, 3.63) is 59.1 Å². The number of amides is 1. The summed E-state index contributed by atoms with van der Waals surface area (Å²) in [5, 5.41) is 3.10. The van der Waals surface area contributed by atoms with Crippen molar-refractivity contribution in [3.8, 4) is 0 Å². The van der Waals surface area contributed by atoms with Crippen LogP contribution in [0.1, 0.15) is 37.0 Å². The molecule has 1 amide bonds. The molecule has 172 valence electrons. The van der Waals surface area contributed by atoms with Crippen LogP contribution in [0.15, 0.2) is 53.4 Å². The van der Waals surface area contributed by atoms with Gasteiger partial charge in [0.1, 0.15) is 6.54 Å². The van der Waals surface area contributed by atoms with E-state index in [2.05, 4.69) is 5.32 Å². The minimum atomic E-state index is -3.92. The molecule has 0 aliphatic rings. The molecule has 0 saturated carbocycles. The van der Waals surface area contributed by atoms with Crippen LogP contribution >= 0.6 is 11.6 Å². The number of hydrogen-bond acceptors (Lipinski definition) is 6. The number of anilines is 1. The van der Waals surface area contributed by atoms with Crippen molar-refractivity contribution in [3.63, 3.8) is 0 Å². The Morgan fingerprint density at radius 3 is 2.22 bits per heavy atom. The van der Waals surface area contributed by atoms with Crippen LogP contribution in [0, 0.1) is 0 Å². The zero-order valence-electron chi connectivity index (χ0n) is 18.0. The van der Waals surface area contributed by atoms with Gasteiger partial charge in [0.2, 0.25) is 21.7 Å². The molecule has 2 aromatic rings. The summed E-state index contributed by atoms with van der Waals surface area (Å²) in [6.07, 6.45) is 0.00630. The number of carbonyl (C=O) groups excluding carboxylic acids is 3. The SMILES string of the molecule is CCCC(=O)Nc1ccc(C(=O)C(C)OC(=O)CN(C)S(=O)(=O)c2ccc(Cl)cc2)cc1. The Hall–Kier alpha value is -2.75. The molecule has 2 rings (SSSR count). The summed E-state index contributed by atoms with van der Waals surface area (Å²) in [5.41, 5.74) is 0.847. The highest BCUT2D eigenvalue weighted by atomic mass is 35.5. The molecular formula is C22H25ClN2O6S. The number of rotatable bonds is 10. The lowest BCUT2D eigenvalue weighted by Crippen LogP contribution is -2.35. The van der Waals surface area contributed by atoms with E-state index in [1.807, 2.05) is 6.92 Å². The van der Waals surface area contributed by atoms with Gasteiger partial charge in [-0.2, -0.15) is 4.31 Å². The van der Waals surface area contributed by atoms with Gasteiger partial charge in [-0.3, -0.25) is 14.4 Å². The number of nitrogens with zero attached hydrogens (tertiary/aromatic N) is 1. The lowest BCUT2D eigenvalue weighted by molar-refractivity contribution is -0.146. The summed E-state index contributed by atoms with van der Waals surface area (Å²) < 4.78 is 31.1.